The molecule has 0 aromatic heterocycles. The van der Waals surface area contributed by atoms with Crippen LogP contribution in [-0.2, 0) is 12.8 Å². The summed E-state index contributed by atoms with van der Waals surface area (Å²) in [6, 6.07) is 2.95. The highest BCUT2D eigenvalue weighted by Gasteiger charge is 2.20. The van der Waals surface area contributed by atoms with Crippen molar-refractivity contribution in [1.82, 2.24) is 0 Å². The van der Waals surface area contributed by atoms with E-state index in [-0.39, 0.29) is 11.1 Å². The van der Waals surface area contributed by atoms with Gasteiger partial charge in [-0.25, -0.2) is 9.59 Å². The first-order valence-corrected chi connectivity index (χ1v) is 11.1. The van der Waals surface area contributed by atoms with Crippen LogP contribution in [0.25, 0.3) is 0 Å². The monoisotopic (exact) mass is 390 g/mol. The van der Waals surface area contributed by atoms with Gasteiger partial charge in [-0.1, -0.05) is 78.1 Å². The van der Waals surface area contributed by atoms with Crippen molar-refractivity contribution in [3.63, 3.8) is 0 Å². The van der Waals surface area contributed by atoms with E-state index in [1.54, 1.807) is 0 Å². The third-order valence-corrected chi connectivity index (χ3v) is 5.45. The van der Waals surface area contributed by atoms with E-state index in [4.69, 9.17) is 0 Å². The Morgan fingerprint density at radius 2 is 0.929 bits per heavy atom. The van der Waals surface area contributed by atoms with Crippen LogP contribution in [-0.4, -0.2) is 22.2 Å². The van der Waals surface area contributed by atoms with Crippen LogP contribution in [0.15, 0.2) is 12.1 Å². The fraction of sp³-hybridized carbons (Fsp3) is 0.667. The quantitative estimate of drug-likeness (QED) is 0.301. The van der Waals surface area contributed by atoms with E-state index in [1.165, 1.54) is 50.7 Å². The minimum absolute atomic E-state index is 0.276. The van der Waals surface area contributed by atoms with Gasteiger partial charge < -0.3 is 10.2 Å². The fourth-order valence-corrected chi connectivity index (χ4v) is 3.83. The summed E-state index contributed by atoms with van der Waals surface area (Å²) in [6.07, 6.45) is 14.9. The van der Waals surface area contributed by atoms with E-state index in [2.05, 4.69) is 13.8 Å². The number of hydrogen-bond acceptors (Lipinski definition) is 2. The third kappa shape index (κ3) is 8.45. The number of hydrogen-bond donors (Lipinski definition) is 2. The van der Waals surface area contributed by atoms with Crippen molar-refractivity contribution in [2.75, 3.05) is 0 Å². The van der Waals surface area contributed by atoms with Gasteiger partial charge in [-0.05, 0) is 48.9 Å². The number of aromatic carboxylic acids is 2. The van der Waals surface area contributed by atoms with Gasteiger partial charge in [0.2, 0.25) is 0 Å². The highest BCUT2D eigenvalue weighted by molar-refractivity contribution is 5.95. The minimum atomic E-state index is -0.957. The lowest BCUT2D eigenvalue weighted by atomic mass is 9.88. The number of rotatable bonds is 16. The average Bonchev–Trinajstić information content (AvgIpc) is 2.66. The number of carboxylic acids is 2. The van der Waals surface area contributed by atoms with Crippen LogP contribution in [0.1, 0.15) is 123 Å². The maximum atomic E-state index is 11.7. The second-order valence-corrected chi connectivity index (χ2v) is 7.76. The second-order valence-electron chi connectivity index (χ2n) is 7.76. The molecule has 0 atom stereocenters. The Hall–Kier alpha value is -1.84. The van der Waals surface area contributed by atoms with Gasteiger partial charge in [0.05, 0.1) is 11.1 Å². The van der Waals surface area contributed by atoms with Gasteiger partial charge in [-0.2, -0.15) is 0 Å². The van der Waals surface area contributed by atoms with Crippen LogP contribution in [0.5, 0.6) is 0 Å². The molecule has 0 spiro atoms. The molecule has 0 saturated carbocycles. The molecule has 1 aromatic carbocycles. The molecule has 0 amide bonds. The zero-order chi connectivity index (χ0) is 20.8. The summed E-state index contributed by atoms with van der Waals surface area (Å²) >= 11 is 0. The van der Waals surface area contributed by atoms with Crippen LogP contribution in [0, 0.1) is 0 Å². The highest BCUT2D eigenvalue weighted by atomic mass is 16.4. The van der Waals surface area contributed by atoms with Crippen molar-refractivity contribution >= 4 is 11.9 Å². The molecule has 0 unspecified atom stereocenters. The van der Waals surface area contributed by atoms with E-state index in [0.29, 0.717) is 12.8 Å². The van der Waals surface area contributed by atoms with Crippen LogP contribution >= 0.6 is 0 Å². The van der Waals surface area contributed by atoms with Gasteiger partial charge in [0, 0.05) is 0 Å². The maximum absolute atomic E-state index is 11.7. The molecule has 4 heteroatoms. The highest BCUT2D eigenvalue weighted by Crippen LogP contribution is 2.25. The summed E-state index contributed by atoms with van der Waals surface area (Å²) in [5, 5.41) is 19.2. The summed E-state index contributed by atoms with van der Waals surface area (Å²) < 4.78 is 0. The van der Waals surface area contributed by atoms with Gasteiger partial charge in [0.15, 0.2) is 0 Å². The molecule has 0 bridgehead atoms. The zero-order valence-electron chi connectivity index (χ0n) is 17.8. The number of unbranched alkanes of at least 4 members (excludes halogenated alkanes) is 10. The SMILES string of the molecule is CCCCCCCCCc1c(C(=O)O)ccc(C(=O)O)c1CCCCCCC. The topological polar surface area (TPSA) is 74.6 Å². The summed E-state index contributed by atoms with van der Waals surface area (Å²) in [5.74, 6) is -1.91. The van der Waals surface area contributed by atoms with Crippen molar-refractivity contribution in [2.45, 2.75) is 104 Å². The van der Waals surface area contributed by atoms with E-state index in [0.717, 1.165) is 49.7 Å². The van der Waals surface area contributed by atoms with E-state index in [9.17, 15) is 19.8 Å². The molecule has 1 rings (SSSR count). The molecule has 1 aromatic rings. The summed E-state index contributed by atoms with van der Waals surface area (Å²) in [4.78, 5) is 23.4. The standard InChI is InChI=1S/C24H38O4/c1-3-5-7-9-10-12-14-16-20-19(15-13-11-8-6-4-2)21(23(25)26)17-18-22(20)24(27)28/h17-18H,3-16H2,1-2H3,(H,25,26)(H,27,28). The number of carboxylic acid groups (broad SMARTS) is 2. The van der Waals surface area contributed by atoms with Crippen LogP contribution < -0.4 is 0 Å². The molecule has 0 aliphatic rings. The predicted molar refractivity (Wildman–Crippen MR) is 115 cm³/mol. The summed E-state index contributed by atoms with van der Waals surface area (Å²) in [7, 11) is 0. The van der Waals surface area contributed by atoms with E-state index >= 15 is 0 Å². The first kappa shape index (κ1) is 24.2. The normalized spacial score (nSPS) is 10.9. The molecule has 4 nitrogen and oxygen atoms in total. The molecule has 2 N–H and O–H groups in total. The first-order chi connectivity index (χ1) is 13.5. The smallest absolute Gasteiger partial charge is 0.335 e. The van der Waals surface area contributed by atoms with Crippen LogP contribution in [0.4, 0.5) is 0 Å². The lowest BCUT2D eigenvalue weighted by Gasteiger charge is -2.16. The molecule has 0 saturated heterocycles. The van der Waals surface area contributed by atoms with Crippen LogP contribution in [0.2, 0.25) is 0 Å². The van der Waals surface area contributed by atoms with Crippen molar-refractivity contribution in [1.29, 1.82) is 0 Å². The Balaban J connectivity index is 2.86. The fourth-order valence-electron chi connectivity index (χ4n) is 3.83. The predicted octanol–water partition coefficient (Wildman–Crippen LogP) is 6.89. The Kier molecular flexibility index (Phi) is 12.3. The van der Waals surface area contributed by atoms with Gasteiger partial charge in [0.1, 0.15) is 0 Å². The number of benzene rings is 1. The Morgan fingerprint density at radius 1 is 0.607 bits per heavy atom. The van der Waals surface area contributed by atoms with Crippen molar-refractivity contribution in [3.05, 3.63) is 34.4 Å². The molecule has 0 aliphatic carbocycles. The van der Waals surface area contributed by atoms with Crippen molar-refractivity contribution in [3.8, 4) is 0 Å². The molecule has 0 radical (unpaired) electrons. The first-order valence-electron chi connectivity index (χ1n) is 11.1. The summed E-state index contributed by atoms with van der Waals surface area (Å²) in [5.41, 5.74) is 2.05. The zero-order valence-corrected chi connectivity index (χ0v) is 17.8. The van der Waals surface area contributed by atoms with Crippen LogP contribution in [0.3, 0.4) is 0 Å². The molecular weight excluding hydrogens is 352 g/mol. The van der Waals surface area contributed by atoms with E-state index < -0.39 is 11.9 Å². The minimum Gasteiger partial charge on any atom is -0.478 e. The average molecular weight is 391 g/mol. The molecule has 0 heterocycles. The van der Waals surface area contributed by atoms with Gasteiger partial charge in [-0.3, -0.25) is 0 Å². The largest absolute Gasteiger partial charge is 0.478 e. The lowest BCUT2D eigenvalue weighted by molar-refractivity contribution is 0.0679. The van der Waals surface area contributed by atoms with E-state index in [1.807, 2.05) is 0 Å². The Morgan fingerprint density at radius 3 is 1.25 bits per heavy atom. The molecular formula is C24H38O4. The second kappa shape index (κ2) is 14.2. The Bertz CT molecular complexity index is 607. The van der Waals surface area contributed by atoms with Crippen molar-refractivity contribution in [2.24, 2.45) is 0 Å². The molecule has 0 fully saturated rings. The maximum Gasteiger partial charge on any atom is 0.335 e. The Labute approximate surface area is 170 Å². The van der Waals surface area contributed by atoms with Gasteiger partial charge >= 0.3 is 11.9 Å². The molecule has 158 valence electrons. The van der Waals surface area contributed by atoms with Crippen molar-refractivity contribution < 1.29 is 19.8 Å². The number of carbonyl (C=O) groups is 2. The molecule has 28 heavy (non-hydrogen) atoms. The van der Waals surface area contributed by atoms with Gasteiger partial charge in [-0.15, -0.1) is 0 Å². The molecule has 0 aliphatic heterocycles. The van der Waals surface area contributed by atoms with Gasteiger partial charge in [0.25, 0.3) is 0 Å². The lowest BCUT2D eigenvalue weighted by Crippen LogP contribution is -2.12. The summed E-state index contributed by atoms with van der Waals surface area (Å²) in [6.45, 7) is 4.37. The third-order valence-electron chi connectivity index (χ3n) is 5.45.